The highest BCUT2D eigenvalue weighted by molar-refractivity contribution is 5.94. The first-order valence-electron chi connectivity index (χ1n) is 6.13. The molecular weight excluding hydrogens is 259 g/mol. The topological polar surface area (TPSA) is 51.2 Å². The van der Waals surface area contributed by atoms with Crippen LogP contribution in [-0.2, 0) is 6.54 Å². The first-order valence-corrected chi connectivity index (χ1v) is 6.13. The summed E-state index contributed by atoms with van der Waals surface area (Å²) in [6, 6.07) is 8.01. The summed E-state index contributed by atoms with van der Waals surface area (Å²) < 4.78 is 18.6. The summed E-state index contributed by atoms with van der Waals surface area (Å²) in [5.74, 6) is -0.460. The predicted octanol–water partition coefficient (Wildman–Crippen LogP) is 2.47. The summed E-state index contributed by atoms with van der Waals surface area (Å²) >= 11 is 0. The standard InChI is InChI=1S/C15H15FN2O2/c1-10-3-5-12(13(16)7-10)15(19)18-9-11-4-6-14(20-2)17-8-11/h3-8H,9H2,1-2H3,(H,18,19). The minimum Gasteiger partial charge on any atom is -0.481 e. The van der Waals surface area contributed by atoms with Crippen molar-refractivity contribution >= 4 is 5.91 Å². The molecule has 0 aliphatic heterocycles. The fraction of sp³-hybridized carbons (Fsp3) is 0.200. The molecule has 1 aromatic carbocycles. The van der Waals surface area contributed by atoms with Gasteiger partial charge in [-0.3, -0.25) is 4.79 Å². The predicted molar refractivity (Wildman–Crippen MR) is 73.1 cm³/mol. The van der Waals surface area contributed by atoms with E-state index in [2.05, 4.69) is 10.3 Å². The number of aromatic nitrogens is 1. The quantitative estimate of drug-likeness (QED) is 0.931. The molecule has 0 atom stereocenters. The maximum absolute atomic E-state index is 13.6. The Morgan fingerprint density at radius 2 is 2.15 bits per heavy atom. The first-order chi connectivity index (χ1) is 9.60. The molecule has 1 aromatic heterocycles. The van der Waals surface area contributed by atoms with Crippen molar-refractivity contribution in [3.8, 4) is 5.88 Å². The van der Waals surface area contributed by atoms with Crippen LogP contribution in [0.1, 0.15) is 21.5 Å². The van der Waals surface area contributed by atoms with Gasteiger partial charge in [-0.15, -0.1) is 0 Å². The van der Waals surface area contributed by atoms with Crippen LogP contribution in [0.4, 0.5) is 4.39 Å². The van der Waals surface area contributed by atoms with Crippen LogP contribution in [0, 0.1) is 12.7 Å². The van der Waals surface area contributed by atoms with Gasteiger partial charge in [0.2, 0.25) is 5.88 Å². The number of amides is 1. The Balaban J connectivity index is 2.00. The third-order valence-corrected chi connectivity index (χ3v) is 2.83. The lowest BCUT2D eigenvalue weighted by Crippen LogP contribution is -2.23. The van der Waals surface area contributed by atoms with Crippen molar-refractivity contribution in [2.24, 2.45) is 0 Å². The third-order valence-electron chi connectivity index (χ3n) is 2.83. The van der Waals surface area contributed by atoms with E-state index >= 15 is 0 Å². The van der Waals surface area contributed by atoms with E-state index in [-0.39, 0.29) is 12.1 Å². The van der Waals surface area contributed by atoms with E-state index in [0.29, 0.717) is 5.88 Å². The molecule has 0 spiro atoms. The molecule has 1 amide bonds. The largest absolute Gasteiger partial charge is 0.481 e. The summed E-state index contributed by atoms with van der Waals surface area (Å²) in [5, 5.41) is 2.65. The van der Waals surface area contributed by atoms with Crippen molar-refractivity contribution in [3.05, 3.63) is 59.0 Å². The number of ether oxygens (including phenoxy) is 1. The summed E-state index contributed by atoms with van der Waals surface area (Å²) in [7, 11) is 1.53. The number of benzene rings is 1. The Hall–Kier alpha value is -2.43. The molecule has 1 heterocycles. The smallest absolute Gasteiger partial charge is 0.254 e. The molecule has 0 unspecified atom stereocenters. The number of aryl methyl sites for hydroxylation is 1. The Labute approximate surface area is 116 Å². The zero-order chi connectivity index (χ0) is 14.5. The second-order valence-corrected chi connectivity index (χ2v) is 4.37. The highest BCUT2D eigenvalue weighted by Gasteiger charge is 2.11. The normalized spacial score (nSPS) is 10.2. The molecule has 104 valence electrons. The van der Waals surface area contributed by atoms with E-state index in [0.717, 1.165) is 11.1 Å². The van der Waals surface area contributed by atoms with Gasteiger partial charge in [-0.2, -0.15) is 0 Å². The number of pyridine rings is 1. The number of methoxy groups -OCH3 is 1. The molecular formula is C15H15FN2O2. The van der Waals surface area contributed by atoms with E-state index in [1.807, 2.05) is 0 Å². The molecule has 20 heavy (non-hydrogen) atoms. The molecule has 0 radical (unpaired) electrons. The Morgan fingerprint density at radius 1 is 1.35 bits per heavy atom. The lowest BCUT2D eigenvalue weighted by Gasteiger charge is -2.07. The van der Waals surface area contributed by atoms with E-state index in [4.69, 9.17) is 4.74 Å². The summed E-state index contributed by atoms with van der Waals surface area (Å²) in [6.45, 7) is 2.05. The molecule has 0 bridgehead atoms. The fourth-order valence-electron chi connectivity index (χ4n) is 1.72. The van der Waals surface area contributed by atoms with Gasteiger partial charge >= 0.3 is 0 Å². The van der Waals surface area contributed by atoms with Gasteiger partial charge in [-0.1, -0.05) is 12.1 Å². The van der Waals surface area contributed by atoms with E-state index in [1.165, 1.54) is 19.2 Å². The highest BCUT2D eigenvalue weighted by atomic mass is 19.1. The SMILES string of the molecule is COc1ccc(CNC(=O)c2ccc(C)cc2F)cn1. The lowest BCUT2D eigenvalue weighted by atomic mass is 10.1. The van der Waals surface area contributed by atoms with Crippen molar-refractivity contribution in [2.45, 2.75) is 13.5 Å². The Morgan fingerprint density at radius 3 is 2.75 bits per heavy atom. The zero-order valence-electron chi connectivity index (χ0n) is 11.3. The number of rotatable bonds is 4. The van der Waals surface area contributed by atoms with Crippen molar-refractivity contribution in [3.63, 3.8) is 0 Å². The molecule has 2 rings (SSSR count). The monoisotopic (exact) mass is 274 g/mol. The highest BCUT2D eigenvalue weighted by Crippen LogP contribution is 2.10. The van der Waals surface area contributed by atoms with E-state index < -0.39 is 11.7 Å². The van der Waals surface area contributed by atoms with Crippen LogP contribution in [0.5, 0.6) is 5.88 Å². The van der Waals surface area contributed by atoms with Gasteiger partial charge in [0.05, 0.1) is 12.7 Å². The second-order valence-electron chi connectivity index (χ2n) is 4.37. The molecule has 2 aromatic rings. The third kappa shape index (κ3) is 3.32. The van der Waals surface area contributed by atoms with Crippen LogP contribution in [0.3, 0.4) is 0 Å². The number of halogens is 1. The Bertz CT molecular complexity index is 612. The fourth-order valence-corrected chi connectivity index (χ4v) is 1.72. The molecule has 4 nitrogen and oxygen atoms in total. The summed E-state index contributed by atoms with van der Waals surface area (Å²) in [4.78, 5) is 15.9. The van der Waals surface area contributed by atoms with Crippen LogP contribution >= 0.6 is 0 Å². The van der Waals surface area contributed by atoms with E-state index in [9.17, 15) is 9.18 Å². The molecule has 0 aliphatic rings. The van der Waals surface area contributed by atoms with Crippen LogP contribution in [0.2, 0.25) is 0 Å². The van der Waals surface area contributed by atoms with E-state index in [1.54, 1.807) is 31.3 Å². The summed E-state index contributed by atoms with van der Waals surface area (Å²) in [6.07, 6.45) is 1.60. The zero-order valence-corrected chi connectivity index (χ0v) is 11.3. The maximum Gasteiger partial charge on any atom is 0.254 e. The van der Waals surface area contributed by atoms with Gasteiger partial charge in [0.25, 0.3) is 5.91 Å². The van der Waals surface area contributed by atoms with Crippen molar-refractivity contribution < 1.29 is 13.9 Å². The molecule has 5 heteroatoms. The lowest BCUT2D eigenvalue weighted by molar-refractivity contribution is 0.0947. The van der Waals surface area contributed by atoms with Crippen LogP contribution in [-0.4, -0.2) is 18.0 Å². The van der Waals surface area contributed by atoms with Gasteiger partial charge in [-0.25, -0.2) is 9.37 Å². The van der Waals surface area contributed by atoms with Crippen molar-refractivity contribution in [1.82, 2.24) is 10.3 Å². The molecule has 0 saturated heterocycles. The number of nitrogens with zero attached hydrogens (tertiary/aromatic N) is 1. The van der Waals surface area contributed by atoms with Gasteiger partial charge in [0, 0.05) is 18.8 Å². The number of hydrogen-bond donors (Lipinski definition) is 1. The first kappa shape index (κ1) is 14.0. The number of hydrogen-bond acceptors (Lipinski definition) is 3. The van der Waals surface area contributed by atoms with Gasteiger partial charge in [-0.05, 0) is 30.2 Å². The second kappa shape index (κ2) is 6.14. The molecule has 1 N–H and O–H groups in total. The number of nitrogens with one attached hydrogen (secondary N) is 1. The van der Waals surface area contributed by atoms with Gasteiger partial charge in [0.15, 0.2) is 0 Å². The molecule has 0 aliphatic carbocycles. The average molecular weight is 274 g/mol. The molecule has 0 fully saturated rings. The van der Waals surface area contributed by atoms with Crippen molar-refractivity contribution in [2.75, 3.05) is 7.11 Å². The van der Waals surface area contributed by atoms with Crippen LogP contribution < -0.4 is 10.1 Å². The minimum atomic E-state index is -0.518. The van der Waals surface area contributed by atoms with Gasteiger partial charge < -0.3 is 10.1 Å². The average Bonchev–Trinajstić information content (AvgIpc) is 2.45. The summed E-state index contributed by atoms with van der Waals surface area (Å²) in [5.41, 5.74) is 1.63. The maximum atomic E-state index is 13.6. The van der Waals surface area contributed by atoms with Crippen LogP contribution in [0.25, 0.3) is 0 Å². The van der Waals surface area contributed by atoms with Crippen LogP contribution in [0.15, 0.2) is 36.5 Å². The number of carbonyl (C=O) groups is 1. The number of carbonyl (C=O) groups excluding carboxylic acids is 1. The molecule has 0 saturated carbocycles. The van der Waals surface area contributed by atoms with Gasteiger partial charge in [0.1, 0.15) is 5.82 Å². The minimum absolute atomic E-state index is 0.0390. The Kier molecular flexibility index (Phi) is 4.30. The van der Waals surface area contributed by atoms with Crippen molar-refractivity contribution in [1.29, 1.82) is 0 Å².